The fourth-order valence-corrected chi connectivity index (χ4v) is 4.55. The molecular formula is C29H39N3O2. The van der Waals surface area contributed by atoms with Crippen LogP contribution >= 0.6 is 0 Å². The van der Waals surface area contributed by atoms with Crippen molar-refractivity contribution >= 4 is 22.9 Å². The number of benzene rings is 1. The van der Waals surface area contributed by atoms with Gasteiger partial charge in [-0.2, -0.15) is 0 Å². The number of amides is 1. The molecule has 0 spiro atoms. The molecule has 0 saturated heterocycles. The number of carbonyl (C=O) groups excluding carboxylic acids is 1. The van der Waals surface area contributed by atoms with Crippen molar-refractivity contribution in [3.05, 3.63) is 65.6 Å². The fraction of sp³-hybridized carbons (Fsp3) is 0.448. The Morgan fingerprint density at radius 2 is 2.03 bits per heavy atom. The Balaban J connectivity index is 1.70. The molecule has 0 saturated carbocycles. The van der Waals surface area contributed by atoms with E-state index in [-0.39, 0.29) is 11.9 Å². The maximum Gasteiger partial charge on any atom is 0.244 e. The van der Waals surface area contributed by atoms with Gasteiger partial charge >= 0.3 is 0 Å². The molecule has 1 N–H and O–H groups in total. The van der Waals surface area contributed by atoms with Crippen LogP contribution in [0.15, 0.2) is 48.8 Å². The summed E-state index contributed by atoms with van der Waals surface area (Å²) in [6.07, 6.45) is 15.8. The third-order valence-corrected chi connectivity index (χ3v) is 6.56. The summed E-state index contributed by atoms with van der Waals surface area (Å²) in [7, 11) is 3.76. The van der Waals surface area contributed by atoms with Crippen molar-refractivity contribution in [3.8, 4) is 5.75 Å². The Labute approximate surface area is 204 Å². The van der Waals surface area contributed by atoms with E-state index in [1.165, 1.54) is 29.4 Å². The number of aromatic nitrogens is 2. The lowest BCUT2D eigenvalue weighted by molar-refractivity contribution is -0.117. The summed E-state index contributed by atoms with van der Waals surface area (Å²) in [5.74, 6) is 0.814. The summed E-state index contributed by atoms with van der Waals surface area (Å²) in [4.78, 5) is 17.0. The first-order valence-electron chi connectivity index (χ1n) is 12.6. The van der Waals surface area contributed by atoms with Crippen LogP contribution in [0.1, 0.15) is 69.2 Å². The van der Waals surface area contributed by atoms with E-state index in [0.717, 1.165) is 55.5 Å². The smallest absolute Gasteiger partial charge is 0.244 e. The summed E-state index contributed by atoms with van der Waals surface area (Å²) in [5.41, 5.74) is 4.78. The molecule has 0 radical (unpaired) electrons. The van der Waals surface area contributed by atoms with Crippen LogP contribution in [-0.2, 0) is 24.7 Å². The van der Waals surface area contributed by atoms with Gasteiger partial charge in [0.15, 0.2) is 0 Å². The monoisotopic (exact) mass is 461 g/mol. The number of aryl methyl sites for hydroxylation is 3. The normalized spacial score (nSPS) is 12.4. The van der Waals surface area contributed by atoms with Crippen molar-refractivity contribution in [1.29, 1.82) is 0 Å². The van der Waals surface area contributed by atoms with Crippen LogP contribution in [0.2, 0.25) is 0 Å². The quantitative estimate of drug-likeness (QED) is 0.242. The molecule has 3 rings (SSSR count). The lowest BCUT2D eigenvalue weighted by Gasteiger charge is -2.15. The summed E-state index contributed by atoms with van der Waals surface area (Å²) >= 11 is 0. The van der Waals surface area contributed by atoms with Crippen LogP contribution in [-0.4, -0.2) is 28.6 Å². The molecule has 0 fully saturated rings. The van der Waals surface area contributed by atoms with Crippen LogP contribution in [0.4, 0.5) is 0 Å². The van der Waals surface area contributed by atoms with Gasteiger partial charge in [-0.05, 0) is 73.9 Å². The van der Waals surface area contributed by atoms with Gasteiger partial charge in [0.25, 0.3) is 0 Å². The average Bonchev–Trinajstić information content (AvgIpc) is 3.13. The van der Waals surface area contributed by atoms with E-state index in [1.54, 1.807) is 19.4 Å². The highest BCUT2D eigenvalue weighted by Crippen LogP contribution is 2.31. The van der Waals surface area contributed by atoms with Crippen LogP contribution < -0.4 is 10.1 Å². The molecule has 34 heavy (non-hydrogen) atoms. The minimum absolute atomic E-state index is 0.0319. The Hall–Kier alpha value is -3.08. The molecule has 3 aromatic rings. The molecular weight excluding hydrogens is 422 g/mol. The minimum Gasteiger partial charge on any atom is -0.497 e. The average molecular weight is 462 g/mol. The highest BCUT2D eigenvalue weighted by Gasteiger charge is 2.15. The number of fused-ring (bicyclic) bond motifs is 1. The van der Waals surface area contributed by atoms with E-state index in [0.29, 0.717) is 0 Å². The maximum atomic E-state index is 12.8. The number of methoxy groups -OCH3 is 1. The first kappa shape index (κ1) is 25.5. The van der Waals surface area contributed by atoms with Gasteiger partial charge in [0.05, 0.1) is 12.6 Å². The number of unbranched alkanes of at least 4 members (excludes halogenated alkanes) is 2. The topological polar surface area (TPSA) is 56.2 Å². The van der Waals surface area contributed by atoms with Crippen molar-refractivity contribution < 1.29 is 9.53 Å². The number of ether oxygens (including phenoxy) is 1. The number of hydrogen-bond donors (Lipinski definition) is 1. The standard InChI is InChI=1S/C29H39N3O2/c1-5-7-8-14-25-26-16-15-24(34-4)20-28(26)32(3)27(25)17-18-29(33)31-23(6-2)13-9-11-22-12-10-19-30-21-22/h10,12,15-21,23H,5-9,11,13-14H2,1-4H3,(H,31,33)/t23-/m1/s1. The van der Waals surface area contributed by atoms with E-state index < -0.39 is 0 Å². The van der Waals surface area contributed by atoms with Gasteiger partial charge in [-0.3, -0.25) is 9.78 Å². The number of pyridine rings is 1. The number of rotatable bonds is 13. The highest BCUT2D eigenvalue weighted by atomic mass is 16.5. The third-order valence-electron chi connectivity index (χ3n) is 6.56. The lowest BCUT2D eigenvalue weighted by atomic mass is 10.0. The molecule has 2 aromatic heterocycles. The zero-order valence-electron chi connectivity index (χ0n) is 21.1. The van der Waals surface area contributed by atoms with Crippen molar-refractivity contribution in [2.75, 3.05) is 7.11 Å². The zero-order valence-corrected chi connectivity index (χ0v) is 21.1. The van der Waals surface area contributed by atoms with Crippen LogP contribution in [0, 0.1) is 0 Å². The Morgan fingerprint density at radius 1 is 1.18 bits per heavy atom. The van der Waals surface area contributed by atoms with E-state index in [4.69, 9.17) is 4.74 Å². The molecule has 0 unspecified atom stereocenters. The van der Waals surface area contributed by atoms with Gasteiger partial charge in [-0.25, -0.2) is 0 Å². The number of hydrogen-bond acceptors (Lipinski definition) is 3. The van der Waals surface area contributed by atoms with Crippen LogP contribution in [0.5, 0.6) is 5.75 Å². The fourth-order valence-electron chi connectivity index (χ4n) is 4.55. The van der Waals surface area contributed by atoms with E-state index in [2.05, 4.69) is 54.0 Å². The van der Waals surface area contributed by atoms with Gasteiger partial charge in [0.1, 0.15) is 5.75 Å². The molecule has 0 aliphatic rings. The minimum atomic E-state index is -0.0319. The van der Waals surface area contributed by atoms with E-state index >= 15 is 0 Å². The molecule has 182 valence electrons. The molecule has 1 amide bonds. The highest BCUT2D eigenvalue weighted by molar-refractivity contribution is 5.95. The summed E-state index contributed by atoms with van der Waals surface area (Å²) in [6, 6.07) is 10.5. The Morgan fingerprint density at radius 3 is 2.74 bits per heavy atom. The lowest BCUT2D eigenvalue weighted by Crippen LogP contribution is -2.33. The van der Waals surface area contributed by atoms with Gasteiger partial charge < -0.3 is 14.6 Å². The van der Waals surface area contributed by atoms with Crippen LogP contribution in [0.25, 0.3) is 17.0 Å². The van der Waals surface area contributed by atoms with Crippen molar-refractivity contribution in [1.82, 2.24) is 14.9 Å². The Bertz CT molecular complexity index is 1090. The second-order valence-corrected chi connectivity index (χ2v) is 8.96. The molecule has 1 aromatic carbocycles. The number of carbonyl (C=O) groups is 1. The zero-order chi connectivity index (χ0) is 24.3. The van der Waals surface area contributed by atoms with Crippen LogP contribution in [0.3, 0.4) is 0 Å². The van der Waals surface area contributed by atoms with Crippen molar-refractivity contribution in [3.63, 3.8) is 0 Å². The maximum absolute atomic E-state index is 12.8. The largest absolute Gasteiger partial charge is 0.497 e. The first-order valence-corrected chi connectivity index (χ1v) is 12.6. The molecule has 5 nitrogen and oxygen atoms in total. The third kappa shape index (κ3) is 6.72. The molecule has 2 heterocycles. The molecule has 0 aliphatic carbocycles. The first-order chi connectivity index (χ1) is 16.6. The molecule has 0 bridgehead atoms. The SMILES string of the molecule is CCCCCc1c(C=CC(=O)N[C@H](CC)CCCc2cccnc2)n(C)c2cc(OC)ccc12. The molecule has 0 aliphatic heterocycles. The van der Waals surface area contributed by atoms with E-state index in [1.807, 2.05) is 24.4 Å². The second-order valence-electron chi connectivity index (χ2n) is 8.96. The van der Waals surface area contributed by atoms with Crippen molar-refractivity contribution in [2.24, 2.45) is 7.05 Å². The predicted octanol–water partition coefficient (Wildman–Crippen LogP) is 6.25. The predicted molar refractivity (Wildman–Crippen MR) is 141 cm³/mol. The molecule has 5 heteroatoms. The van der Waals surface area contributed by atoms with Gasteiger partial charge in [-0.1, -0.05) is 32.8 Å². The second kappa shape index (κ2) is 13.0. The van der Waals surface area contributed by atoms with Crippen molar-refractivity contribution in [2.45, 2.75) is 71.3 Å². The van der Waals surface area contributed by atoms with Gasteiger partial charge in [-0.15, -0.1) is 0 Å². The van der Waals surface area contributed by atoms with Gasteiger partial charge in [0.2, 0.25) is 5.91 Å². The summed E-state index contributed by atoms with van der Waals surface area (Å²) < 4.78 is 7.62. The number of nitrogens with one attached hydrogen (secondary N) is 1. The number of nitrogens with zero attached hydrogens (tertiary/aromatic N) is 2. The van der Waals surface area contributed by atoms with E-state index in [9.17, 15) is 4.79 Å². The summed E-state index contributed by atoms with van der Waals surface area (Å²) in [6.45, 7) is 4.35. The van der Waals surface area contributed by atoms with Gasteiger partial charge in [0, 0.05) is 48.7 Å². The summed E-state index contributed by atoms with van der Waals surface area (Å²) in [5, 5.41) is 4.43. The Kier molecular flexibility index (Phi) is 9.75. The molecule has 1 atom stereocenters.